The van der Waals surface area contributed by atoms with Crippen LogP contribution in [0.1, 0.15) is 23.4 Å². The van der Waals surface area contributed by atoms with Gasteiger partial charge in [0.15, 0.2) is 0 Å². The first kappa shape index (κ1) is 15.9. The fourth-order valence-electron chi connectivity index (χ4n) is 2.28. The molecule has 20 heavy (non-hydrogen) atoms. The van der Waals surface area contributed by atoms with Gasteiger partial charge in [-0.3, -0.25) is 0 Å². The normalized spacial score (nSPS) is 19.1. The number of aryl methyl sites for hydroxylation is 1. The van der Waals surface area contributed by atoms with Crippen LogP contribution in [0.3, 0.4) is 0 Å². The zero-order chi connectivity index (χ0) is 14.6. The summed E-state index contributed by atoms with van der Waals surface area (Å²) in [6, 6.07) is 2.28. The maximum Gasteiger partial charge on any atom is 0.215 e. The van der Waals surface area contributed by atoms with Gasteiger partial charge in [-0.25, -0.2) is 8.42 Å². The van der Waals surface area contributed by atoms with Crippen LogP contribution in [0.4, 0.5) is 0 Å². The molecule has 0 amide bonds. The third-order valence-electron chi connectivity index (χ3n) is 3.47. The summed E-state index contributed by atoms with van der Waals surface area (Å²) in [7, 11) is -3.16. The number of rotatable bonds is 6. The van der Waals surface area contributed by atoms with Crippen molar-refractivity contribution in [1.82, 2.24) is 9.62 Å². The zero-order valence-electron chi connectivity index (χ0n) is 12.0. The van der Waals surface area contributed by atoms with E-state index in [1.54, 1.807) is 11.3 Å². The second-order valence-corrected chi connectivity index (χ2v) is 8.01. The van der Waals surface area contributed by atoms with Crippen LogP contribution in [0.15, 0.2) is 11.4 Å². The third kappa shape index (κ3) is 4.02. The SMILES string of the molecule is Cc1ccsc1C(C)NCCS(=O)(=O)N1CCOCC1. The lowest BCUT2D eigenvalue weighted by atomic mass is 10.2. The van der Waals surface area contributed by atoms with Gasteiger partial charge in [-0.05, 0) is 30.9 Å². The van der Waals surface area contributed by atoms with Crippen LogP contribution >= 0.6 is 11.3 Å². The van der Waals surface area contributed by atoms with Crippen molar-refractivity contribution < 1.29 is 13.2 Å². The quantitative estimate of drug-likeness (QED) is 0.861. The van der Waals surface area contributed by atoms with Crippen LogP contribution in [-0.2, 0) is 14.8 Å². The second kappa shape index (κ2) is 7.00. The first-order chi connectivity index (χ1) is 9.50. The van der Waals surface area contributed by atoms with Gasteiger partial charge in [-0.1, -0.05) is 0 Å². The summed E-state index contributed by atoms with van der Waals surface area (Å²) in [6.45, 7) is 6.56. The Bertz CT molecular complexity index is 521. The van der Waals surface area contributed by atoms with Gasteiger partial charge in [-0.15, -0.1) is 11.3 Å². The van der Waals surface area contributed by atoms with Gasteiger partial charge < -0.3 is 10.1 Å². The average molecular weight is 318 g/mol. The van der Waals surface area contributed by atoms with Crippen molar-refractivity contribution >= 4 is 21.4 Å². The van der Waals surface area contributed by atoms with E-state index in [9.17, 15) is 8.42 Å². The number of sulfonamides is 1. The van der Waals surface area contributed by atoms with E-state index in [1.807, 2.05) is 0 Å². The van der Waals surface area contributed by atoms with E-state index in [1.165, 1.54) is 14.7 Å². The molecule has 114 valence electrons. The van der Waals surface area contributed by atoms with E-state index < -0.39 is 10.0 Å². The van der Waals surface area contributed by atoms with Crippen molar-refractivity contribution in [2.75, 3.05) is 38.6 Å². The molecule has 5 nitrogen and oxygen atoms in total. The van der Waals surface area contributed by atoms with Crippen molar-refractivity contribution in [1.29, 1.82) is 0 Å². The van der Waals surface area contributed by atoms with Crippen molar-refractivity contribution in [2.45, 2.75) is 19.9 Å². The van der Waals surface area contributed by atoms with Crippen molar-refractivity contribution in [3.05, 3.63) is 21.9 Å². The second-order valence-electron chi connectivity index (χ2n) is 4.97. The van der Waals surface area contributed by atoms with Crippen LogP contribution in [0.2, 0.25) is 0 Å². The lowest BCUT2D eigenvalue weighted by Gasteiger charge is -2.26. The van der Waals surface area contributed by atoms with E-state index in [0.29, 0.717) is 32.8 Å². The zero-order valence-corrected chi connectivity index (χ0v) is 13.6. The predicted octanol–water partition coefficient (Wildman–Crippen LogP) is 1.37. The maximum atomic E-state index is 12.2. The summed E-state index contributed by atoms with van der Waals surface area (Å²) in [4.78, 5) is 1.27. The number of nitrogens with zero attached hydrogens (tertiary/aromatic N) is 1. The highest BCUT2D eigenvalue weighted by atomic mass is 32.2. The van der Waals surface area contributed by atoms with Crippen molar-refractivity contribution in [3.63, 3.8) is 0 Å². The molecule has 2 rings (SSSR count). The van der Waals surface area contributed by atoms with Gasteiger partial charge in [-0.2, -0.15) is 4.31 Å². The summed E-state index contributed by atoms with van der Waals surface area (Å²) < 4.78 is 31.0. The molecule has 0 aliphatic carbocycles. The van der Waals surface area contributed by atoms with Gasteiger partial charge in [0.2, 0.25) is 10.0 Å². The van der Waals surface area contributed by atoms with E-state index in [4.69, 9.17) is 4.74 Å². The smallest absolute Gasteiger partial charge is 0.215 e. The van der Waals surface area contributed by atoms with Crippen LogP contribution in [0, 0.1) is 6.92 Å². The van der Waals surface area contributed by atoms with E-state index in [-0.39, 0.29) is 11.8 Å². The number of hydrogen-bond donors (Lipinski definition) is 1. The average Bonchev–Trinajstić information content (AvgIpc) is 2.86. The minimum absolute atomic E-state index is 0.141. The summed E-state index contributed by atoms with van der Waals surface area (Å²) >= 11 is 1.70. The Hall–Kier alpha value is -0.470. The highest BCUT2D eigenvalue weighted by Crippen LogP contribution is 2.23. The number of hydrogen-bond acceptors (Lipinski definition) is 5. The molecule has 2 heterocycles. The first-order valence-electron chi connectivity index (χ1n) is 6.83. The topological polar surface area (TPSA) is 58.6 Å². The molecule has 0 bridgehead atoms. The Morgan fingerprint density at radius 2 is 2.15 bits per heavy atom. The van der Waals surface area contributed by atoms with E-state index in [0.717, 1.165) is 0 Å². The third-order valence-corrected chi connectivity index (χ3v) is 6.54. The molecule has 1 aromatic rings. The molecule has 1 aromatic heterocycles. The molecule has 1 fully saturated rings. The minimum Gasteiger partial charge on any atom is -0.379 e. The van der Waals surface area contributed by atoms with Gasteiger partial charge in [0.1, 0.15) is 0 Å². The molecule has 1 aliphatic heterocycles. The van der Waals surface area contributed by atoms with E-state index in [2.05, 4.69) is 30.6 Å². The highest BCUT2D eigenvalue weighted by Gasteiger charge is 2.24. The molecule has 1 aliphatic rings. The van der Waals surface area contributed by atoms with Crippen molar-refractivity contribution in [2.24, 2.45) is 0 Å². The molecular weight excluding hydrogens is 296 g/mol. The summed E-state index contributed by atoms with van der Waals surface area (Å²) in [5.74, 6) is 0.141. The maximum absolute atomic E-state index is 12.2. The van der Waals surface area contributed by atoms with Crippen molar-refractivity contribution in [3.8, 4) is 0 Å². The Morgan fingerprint density at radius 3 is 2.75 bits per heavy atom. The number of morpholine rings is 1. The van der Waals surface area contributed by atoms with Gasteiger partial charge in [0.25, 0.3) is 0 Å². The lowest BCUT2D eigenvalue weighted by molar-refractivity contribution is 0.0730. The fraction of sp³-hybridized carbons (Fsp3) is 0.692. The number of nitrogens with one attached hydrogen (secondary N) is 1. The fourth-order valence-corrected chi connectivity index (χ4v) is 4.58. The summed E-state index contributed by atoms with van der Waals surface area (Å²) in [6.07, 6.45) is 0. The van der Waals surface area contributed by atoms with Crippen LogP contribution in [0.25, 0.3) is 0 Å². The largest absolute Gasteiger partial charge is 0.379 e. The minimum atomic E-state index is -3.16. The molecule has 0 radical (unpaired) electrons. The standard InChI is InChI=1S/C13H22N2O3S2/c1-11-3-9-19-13(11)12(2)14-4-10-20(16,17)15-5-7-18-8-6-15/h3,9,12,14H,4-8,10H2,1-2H3. The Morgan fingerprint density at radius 1 is 1.45 bits per heavy atom. The van der Waals surface area contributed by atoms with Crippen LogP contribution in [-0.4, -0.2) is 51.3 Å². The molecule has 0 saturated carbocycles. The van der Waals surface area contributed by atoms with Crippen LogP contribution in [0.5, 0.6) is 0 Å². The molecule has 1 unspecified atom stereocenters. The molecule has 0 spiro atoms. The molecule has 7 heteroatoms. The predicted molar refractivity (Wildman–Crippen MR) is 81.7 cm³/mol. The van der Waals surface area contributed by atoms with Gasteiger partial charge in [0.05, 0.1) is 19.0 Å². The Labute approximate surface area is 125 Å². The molecule has 1 N–H and O–H groups in total. The van der Waals surface area contributed by atoms with Gasteiger partial charge in [0, 0.05) is 30.6 Å². The number of thiophene rings is 1. The van der Waals surface area contributed by atoms with Crippen LogP contribution < -0.4 is 5.32 Å². The Kier molecular flexibility index (Phi) is 5.57. The first-order valence-corrected chi connectivity index (χ1v) is 9.32. The highest BCUT2D eigenvalue weighted by molar-refractivity contribution is 7.89. The number of ether oxygens (including phenoxy) is 1. The summed E-state index contributed by atoms with van der Waals surface area (Å²) in [5, 5.41) is 5.36. The van der Waals surface area contributed by atoms with E-state index >= 15 is 0 Å². The monoisotopic (exact) mass is 318 g/mol. The Balaban J connectivity index is 1.81. The molecule has 1 atom stereocenters. The molecule has 0 aromatic carbocycles. The lowest BCUT2D eigenvalue weighted by Crippen LogP contribution is -2.43. The summed E-state index contributed by atoms with van der Waals surface area (Å²) in [5.41, 5.74) is 1.26. The van der Waals surface area contributed by atoms with Gasteiger partial charge >= 0.3 is 0 Å². The molecule has 1 saturated heterocycles. The molecular formula is C13H22N2O3S2.